The number of benzene rings is 2. The van der Waals surface area contributed by atoms with Crippen molar-refractivity contribution < 1.29 is 19.1 Å². The van der Waals surface area contributed by atoms with E-state index in [1.54, 1.807) is 40.5 Å². The number of carbonyl (C=O) groups is 2. The summed E-state index contributed by atoms with van der Waals surface area (Å²) in [5.41, 5.74) is 3.77. The Morgan fingerprint density at radius 1 is 1.18 bits per heavy atom. The average molecular weight is 553 g/mol. The quantitative estimate of drug-likeness (QED) is 0.352. The minimum atomic E-state index is -0.254. The number of fused-ring (bicyclic) bond motifs is 1. The molecule has 0 unspecified atom stereocenters. The van der Waals surface area contributed by atoms with Gasteiger partial charge in [0.15, 0.2) is 0 Å². The minimum Gasteiger partial charge on any atom is -0.491 e. The van der Waals surface area contributed by atoms with Gasteiger partial charge in [-0.15, -0.1) is 11.3 Å². The molecule has 0 N–H and O–H groups in total. The van der Waals surface area contributed by atoms with Gasteiger partial charge in [0.25, 0.3) is 5.91 Å². The molecule has 2 atom stereocenters. The summed E-state index contributed by atoms with van der Waals surface area (Å²) in [6.45, 7) is 6.02. The molecule has 5 rings (SSSR count). The maximum atomic E-state index is 13.9. The second kappa shape index (κ2) is 11.9. The zero-order chi connectivity index (χ0) is 26.6. The summed E-state index contributed by atoms with van der Waals surface area (Å²) in [6.07, 6.45) is 2.54. The number of hydrogen-bond acceptors (Lipinski definition) is 5. The molecule has 0 bridgehead atoms. The highest BCUT2D eigenvalue weighted by molar-refractivity contribution is 7.10. The van der Waals surface area contributed by atoms with Gasteiger partial charge in [-0.3, -0.25) is 9.59 Å². The fraction of sp³-hybridized carbons (Fsp3) is 0.400. The number of aryl methyl sites for hydroxylation is 2. The number of halogens is 1. The van der Waals surface area contributed by atoms with Gasteiger partial charge in [-0.25, -0.2) is 0 Å². The van der Waals surface area contributed by atoms with Crippen LogP contribution in [0.15, 0.2) is 53.9 Å². The van der Waals surface area contributed by atoms with Crippen LogP contribution in [0.4, 0.5) is 0 Å². The van der Waals surface area contributed by atoms with E-state index >= 15 is 0 Å². The van der Waals surface area contributed by atoms with Gasteiger partial charge in [0, 0.05) is 24.6 Å². The number of carbonyl (C=O) groups excluding carboxylic acids is 2. The molecule has 38 heavy (non-hydrogen) atoms. The van der Waals surface area contributed by atoms with Crippen molar-refractivity contribution in [3.63, 3.8) is 0 Å². The summed E-state index contributed by atoms with van der Waals surface area (Å²) in [5.74, 6) is 0.462. The summed E-state index contributed by atoms with van der Waals surface area (Å²) >= 11 is 8.08. The number of nitrogens with zero attached hydrogens (tertiary/aromatic N) is 2. The number of ether oxygens (including phenoxy) is 2. The van der Waals surface area contributed by atoms with Crippen LogP contribution in [-0.4, -0.2) is 60.6 Å². The lowest BCUT2D eigenvalue weighted by Gasteiger charge is -2.37. The van der Waals surface area contributed by atoms with Crippen molar-refractivity contribution in [2.24, 2.45) is 0 Å². The zero-order valence-electron chi connectivity index (χ0n) is 21.8. The Kier molecular flexibility index (Phi) is 8.36. The number of hydrogen-bond donors (Lipinski definition) is 0. The highest BCUT2D eigenvalue weighted by atomic mass is 35.5. The molecular formula is C30H33ClN2O4S. The summed E-state index contributed by atoms with van der Waals surface area (Å²) < 4.78 is 12.1. The molecule has 0 spiro atoms. The van der Waals surface area contributed by atoms with Crippen LogP contribution in [0.5, 0.6) is 5.75 Å². The Morgan fingerprint density at radius 3 is 2.79 bits per heavy atom. The van der Waals surface area contributed by atoms with Gasteiger partial charge in [0.2, 0.25) is 5.91 Å². The van der Waals surface area contributed by atoms with Crippen LogP contribution in [0.2, 0.25) is 5.02 Å². The SMILES string of the molecule is Cc1ccc(OC[C@@H]2c3ccsc3CCN2C(=O)CN(C[C@H]2CCCO2)C(=O)c2ccccc2Cl)c(C)c1. The van der Waals surface area contributed by atoms with Crippen LogP contribution in [0.3, 0.4) is 0 Å². The summed E-state index contributed by atoms with van der Waals surface area (Å²) in [5, 5.41) is 2.45. The first kappa shape index (κ1) is 26.7. The van der Waals surface area contributed by atoms with Gasteiger partial charge < -0.3 is 19.3 Å². The van der Waals surface area contributed by atoms with Crippen molar-refractivity contribution in [3.05, 3.63) is 86.1 Å². The molecule has 2 amide bonds. The van der Waals surface area contributed by atoms with Crippen LogP contribution in [0.25, 0.3) is 0 Å². The molecule has 0 aliphatic carbocycles. The Balaban J connectivity index is 1.37. The molecule has 2 aromatic carbocycles. The summed E-state index contributed by atoms with van der Waals surface area (Å²) in [6, 6.07) is 15.0. The predicted octanol–water partition coefficient (Wildman–Crippen LogP) is 5.84. The molecule has 1 saturated heterocycles. The smallest absolute Gasteiger partial charge is 0.255 e. The number of thiophene rings is 1. The summed E-state index contributed by atoms with van der Waals surface area (Å²) in [7, 11) is 0. The molecule has 6 nitrogen and oxygen atoms in total. The first-order chi connectivity index (χ1) is 18.4. The van der Waals surface area contributed by atoms with Gasteiger partial charge in [0.05, 0.1) is 22.7 Å². The normalized spacial score (nSPS) is 18.8. The standard InChI is InChI=1S/C30H33ClN2O4S/c1-20-9-10-27(21(2)16-20)37-19-26-24-12-15-38-28(24)11-13-33(26)29(34)18-32(17-22-6-5-14-36-22)30(35)23-7-3-4-8-25(23)31/h3-4,7-10,12,15-16,22,26H,5-6,11,13-14,17-19H2,1-2H3/t22-,26-/m1/s1. The molecule has 1 aromatic heterocycles. The average Bonchev–Trinajstić information content (AvgIpc) is 3.60. The van der Waals surface area contributed by atoms with E-state index in [4.69, 9.17) is 21.1 Å². The molecular weight excluding hydrogens is 520 g/mol. The monoisotopic (exact) mass is 552 g/mol. The van der Waals surface area contributed by atoms with E-state index in [1.165, 1.54) is 10.4 Å². The molecule has 8 heteroatoms. The van der Waals surface area contributed by atoms with E-state index in [2.05, 4.69) is 24.4 Å². The topological polar surface area (TPSA) is 59.1 Å². The Hall–Kier alpha value is -2.87. The molecule has 0 saturated carbocycles. The van der Waals surface area contributed by atoms with Gasteiger partial charge >= 0.3 is 0 Å². The van der Waals surface area contributed by atoms with E-state index in [1.807, 2.05) is 24.0 Å². The van der Waals surface area contributed by atoms with Gasteiger partial charge in [-0.05, 0) is 73.9 Å². The van der Waals surface area contributed by atoms with Crippen molar-refractivity contribution in [1.82, 2.24) is 9.80 Å². The zero-order valence-corrected chi connectivity index (χ0v) is 23.4. The van der Waals surface area contributed by atoms with Crippen molar-refractivity contribution in [2.75, 3.05) is 32.8 Å². The second-order valence-electron chi connectivity index (χ2n) is 10.0. The first-order valence-corrected chi connectivity index (χ1v) is 14.4. The molecule has 1 fully saturated rings. The Bertz CT molecular complexity index is 1300. The van der Waals surface area contributed by atoms with E-state index in [-0.39, 0.29) is 30.5 Å². The van der Waals surface area contributed by atoms with Crippen molar-refractivity contribution in [3.8, 4) is 5.75 Å². The molecule has 200 valence electrons. The van der Waals surface area contributed by atoms with Crippen molar-refractivity contribution in [1.29, 1.82) is 0 Å². The minimum absolute atomic E-state index is 0.0382. The lowest BCUT2D eigenvalue weighted by molar-refractivity contribution is -0.135. The fourth-order valence-corrected chi connectivity index (χ4v) is 6.46. The lowest BCUT2D eigenvalue weighted by Crippen LogP contribution is -2.49. The van der Waals surface area contributed by atoms with E-state index in [0.29, 0.717) is 36.9 Å². The maximum Gasteiger partial charge on any atom is 0.255 e. The Morgan fingerprint density at radius 2 is 2.03 bits per heavy atom. The van der Waals surface area contributed by atoms with E-state index in [9.17, 15) is 9.59 Å². The predicted molar refractivity (Wildman–Crippen MR) is 150 cm³/mol. The van der Waals surface area contributed by atoms with Crippen LogP contribution in [-0.2, 0) is 16.0 Å². The van der Waals surface area contributed by atoms with Gasteiger partial charge in [-0.2, -0.15) is 0 Å². The molecule has 2 aliphatic rings. The molecule has 0 radical (unpaired) electrons. The van der Waals surface area contributed by atoms with Gasteiger partial charge in [-0.1, -0.05) is 41.4 Å². The first-order valence-electron chi connectivity index (χ1n) is 13.1. The van der Waals surface area contributed by atoms with E-state index < -0.39 is 0 Å². The maximum absolute atomic E-state index is 13.9. The molecule has 2 aliphatic heterocycles. The van der Waals surface area contributed by atoms with Crippen molar-refractivity contribution in [2.45, 2.75) is 45.3 Å². The van der Waals surface area contributed by atoms with Crippen molar-refractivity contribution >= 4 is 34.8 Å². The van der Waals surface area contributed by atoms with Crippen LogP contribution >= 0.6 is 22.9 Å². The van der Waals surface area contributed by atoms with Crippen LogP contribution in [0, 0.1) is 13.8 Å². The largest absolute Gasteiger partial charge is 0.491 e. The molecule has 3 aromatic rings. The number of rotatable bonds is 8. The molecule has 3 heterocycles. The fourth-order valence-electron chi connectivity index (χ4n) is 5.32. The van der Waals surface area contributed by atoms with Crippen LogP contribution in [0.1, 0.15) is 50.8 Å². The van der Waals surface area contributed by atoms with Crippen LogP contribution < -0.4 is 4.74 Å². The third-order valence-corrected chi connectivity index (χ3v) is 8.63. The third kappa shape index (κ3) is 5.90. The van der Waals surface area contributed by atoms with E-state index in [0.717, 1.165) is 36.1 Å². The van der Waals surface area contributed by atoms with Gasteiger partial charge in [0.1, 0.15) is 18.9 Å². The lowest BCUT2D eigenvalue weighted by atomic mass is 10.00. The Labute approximate surface area is 233 Å². The highest BCUT2D eigenvalue weighted by Gasteiger charge is 2.35. The third-order valence-electron chi connectivity index (χ3n) is 7.31. The summed E-state index contributed by atoms with van der Waals surface area (Å²) in [4.78, 5) is 32.2. The number of amides is 2. The second-order valence-corrected chi connectivity index (χ2v) is 11.4. The highest BCUT2D eigenvalue weighted by Crippen LogP contribution is 2.34.